The zero-order valence-electron chi connectivity index (χ0n) is 5.44. The Balaban J connectivity index is 2.40. The first-order valence-corrected chi connectivity index (χ1v) is 3.05. The van der Waals surface area contributed by atoms with E-state index in [0.717, 1.165) is 19.6 Å². The Hall–Kier alpha value is -0.0800. The lowest BCUT2D eigenvalue weighted by Crippen LogP contribution is -2.23. The van der Waals surface area contributed by atoms with Crippen LogP contribution in [0.2, 0.25) is 0 Å². The maximum absolute atomic E-state index is 5.27. The lowest BCUT2D eigenvalue weighted by atomic mass is 10.2. The van der Waals surface area contributed by atoms with Crippen LogP contribution < -0.4 is 0 Å². The van der Waals surface area contributed by atoms with Gasteiger partial charge in [-0.1, -0.05) is 6.92 Å². The molecule has 1 aliphatic heterocycles. The quantitative estimate of drug-likeness (QED) is 0.511. The Labute approximate surface area is 49.8 Å². The third-order valence-corrected chi connectivity index (χ3v) is 1.54. The summed E-state index contributed by atoms with van der Waals surface area (Å²) in [6.07, 6.45) is 0.938. The van der Waals surface area contributed by atoms with Crippen molar-refractivity contribution in [2.24, 2.45) is 0 Å². The monoisotopic (exact) mass is 116 g/mol. The molecule has 48 valence electrons. The highest BCUT2D eigenvalue weighted by atomic mass is 16.7. The van der Waals surface area contributed by atoms with Crippen molar-refractivity contribution in [2.75, 3.05) is 13.2 Å². The first-order chi connectivity index (χ1) is 3.77. The van der Waals surface area contributed by atoms with Gasteiger partial charge in [-0.3, -0.25) is 0 Å². The van der Waals surface area contributed by atoms with Crippen molar-refractivity contribution < 1.29 is 9.47 Å². The van der Waals surface area contributed by atoms with E-state index in [9.17, 15) is 0 Å². The van der Waals surface area contributed by atoms with Crippen LogP contribution in [-0.2, 0) is 9.47 Å². The summed E-state index contributed by atoms with van der Waals surface area (Å²) < 4.78 is 10.5. The van der Waals surface area contributed by atoms with Crippen LogP contribution in [0.15, 0.2) is 0 Å². The summed E-state index contributed by atoms with van der Waals surface area (Å²) in [6.45, 7) is 5.54. The molecule has 0 aromatic rings. The standard InChI is InChI=1S/C6H12O2/c1-3-6(2)7-4-5-8-6/h3-5H2,1-2H3. The van der Waals surface area contributed by atoms with Gasteiger partial charge in [0.25, 0.3) is 0 Å². The Kier molecular flexibility index (Phi) is 1.54. The third-order valence-electron chi connectivity index (χ3n) is 1.54. The van der Waals surface area contributed by atoms with E-state index >= 15 is 0 Å². The molecule has 1 rings (SSSR count). The topological polar surface area (TPSA) is 18.5 Å². The minimum atomic E-state index is -0.264. The van der Waals surface area contributed by atoms with Gasteiger partial charge in [-0.15, -0.1) is 0 Å². The Morgan fingerprint density at radius 3 is 2.12 bits per heavy atom. The SMILES string of the molecule is CCC1(C)OCCO1. The lowest BCUT2D eigenvalue weighted by molar-refractivity contribution is -0.143. The van der Waals surface area contributed by atoms with Crippen LogP contribution in [-0.4, -0.2) is 19.0 Å². The smallest absolute Gasteiger partial charge is 0.165 e. The first-order valence-electron chi connectivity index (χ1n) is 3.05. The second-order valence-corrected chi connectivity index (χ2v) is 2.18. The fraction of sp³-hybridized carbons (Fsp3) is 1.00. The molecule has 0 atom stereocenters. The van der Waals surface area contributed by atoms with Gasteiger partial charge in [0, 0.05) is 0 Å². The van der Waals surface area contributed by atoms with Crippen LogP contribution >= 0.6 is 0 Å². The lowest BCUT2D eigenvalue weighted by Gasteiger charge is -2.18. The van der Waals surface area contributed by atoms with E-state index in [0.29, 0.717) is 0 Å². The van der Waals surface area contributed by atoms with Crippen molar-refractivity contribution in [3.05, 3.63) is 0 Å². The summed E-state index contributed by atoms with van der Waals surface area (Å²) in [5.74, 6) is -0.264. The first kappa shape index (κ1) is 6.05. The summed E-state index contributed by atoms with van der Waals surface area (Å²) in [4.78, 5) is 0. The molecule has 0 saturated carbocycles. The molecule has 2 heteroatoms. The van der Waals surface area contributed by atoms with Crippen LogP contribution in [0.1, 0.15) is 20.3 Å². The molecule has 0 radical (unpaired) electrons. The fourth-order valence-corrected chi connectivity index (χ4v) is 0.761. The van der Waals surface area contributed by atoms with Crippen LogP contribution in [0.5, 0.6) is 0 Å². The molecule has 1 fully saturated rings. The van der Waals surface area contributed by atoms with Gasteiger partial charge in [-0.25, -0.2) is 0 Å². The number of rotatable bonds is 1. The molecule has 0 unspecified atom stereocenters. The van der Waals surface area contributed by atoms with E-state index in [2.05, 4.69) is 6.92 Å². The molecule has 0 amide bonds. The van der Waals surface area contributed by atoms with Crippen molar-refractivity contribution in [1.82, 2.24) is 0 Å². The van der Waals surface area contributed by atoms with Crippen molar-refractivity contribution in [3.63, 3.8) is 0 Å². The molecule has 0 bridgehead atoms. The van der Waals surface area contributed by atoms with E-state index in [1.165, 1.54) is 0 Å². The van der Waals surface area contributed by atoms with E-state index in [4.69, 9.17) is 9.47 Å². The Morgan fingerprint density at radius 1 is 1.38 bits per heavy atom. The van der Waals surface area contributed by atoms with Crippen LogP contribution in [0, 0.1) is 0 Å². The average Bonchev–Trinajstić information content (AvgIpc) is 2.17. The second kappa shape index (κ2) is 2.03. The molecular formula is C6H12O2. The molecule has 1 aliphatic rings. The highest BCUT2D eigenvalue weighted by Gasteiger charge is 2.27. The predicted octanol–water partition coefficient (Wildman–Crippen LogP) is 1.16. The minimum Gasteiger partial charge on any atom is -0.348 e. The van der Waals surface area contributed by atoms with Gasteiger partial charge in [0.2, 0.25) is 0 Å². The molecule has 2 nitrogen and oxygen atoms in total. The molecule has 0 aromatic carbocycles. The fourth-order valence-electron chi connectivity index (χ4n) is 0.761. The van der Waals surface area contributed by atoms with Gasteiger partial charge >= 0.3 is 0 Å². The van der Waals surface area contributed by atoms with Crippen molar-refractivity contribution in [3.8, 4) is 0 Å². The second-order valence-electron chi connectivity index (χ2n) is 2.18. The van der Waals surface area contributed by atoms with E-state index in [-0.39, 0.29) is 5.79 Å². The Morgan fingerprint density at radius 2 is 1.88 bits per heavy atom. The number of hydrogen-bond acceptors (Lipinski definition) is 2. The molecule has 1 heterocycles. The summed E-state index contributed by atoms with van der Waals surface area (Å²) in [5, 5.41) is 0. The molecule has 0 aromatic heterocycles. The largest absolute Gasteiger partial charge is 0.348 e. The van der Waals surface area contributed by atoms with E-state index < -0.39 is 0 Å². The zero-order valence-corrected chi connectivity index (χ0v) is 5.44. The molecule has 8 heavy (non-hydrogen) atoms. The van der Waals surface area contributed by atoms with Gasteiger partial charge < -0.3 is 9.47 Å². The summed E-state index contributed by atoms with van der Waals surface area (Å²) in [5.41, 5.74) is 0. The van der Waals surface area contributed by atoms with Gasteiger partial charge in [-0.05, 0) is 13.3 Å². The van der Waals surface area contributed by atoms with E-state index in [1.807, 2.05) is 6.92 Å². The predicted molar refractivity (Wildman–Crippen MR) is 30.6 cm³/mol. The highest BCUT2D eigenvalue weighted by molar-refractivity contribution is 4.64. The normalized spacial score (nSPS) is 26.2. The van der Waals surface area contributed by atoms with Crippen molar-refractivity contribution >= 4 is 0 Å². The third kappa shape index (κ3) is 1.01. The molecule has 0 spiro atoms. The number of ether oxygens (including phenoxy) is 2. The molecular weight excluding hydrogens is 104 g/mol. The zero-order chi connectivity index (χ0) is 6.04. The van der Waals surface area contributed by atoms with Crippen LogP contribution in [0.3, 0.4) is 0 Å². The Bertz CT molecular complexity index is 74.6. The summed E-state index contributed by atoms with van der Waals surface area (Å²) >= 11 is 0. The average molecular weight is 116 g/mol. The maximum atomic E-state index is 5.27. The van der Waals surface area contributed by atoms with Crippen molar-refractivity contribution in [2.45, 2.75) is 26.1 Å². The van der Waals surface area contributed by atoms with Crippen LogP contribution in [0.4, 0.5) is 0 Å². The molecule has 1 saturated heterocycles. The number of hydrogen-bond donors (Lipinski definition) is 0. The molecule has 0 aliphatic carbocycles. The highest BCUT2D eigenvalue weighted by Crippen LogP contribution is 2.21. The van der Waals surface area contributed by atoms with Gasteiger partial charge in [0.1, 0.15) is 0 Å². The van der Waals surface area contributed by atoms with Gasteiger partial charge in [-0.2, -0.15) is 0 Å². The maximum Gasteiger partial charge on any atom is 0.165 e. The molecule has 0 N–H and O–H groups in total. The van der Waals surface area contributed by atoms with Crippen molar-refractivity contribution in [1.29, 1.82) is 0 Å². The van der Waals surface area contributed by atoms with Crippen LogP contribution in [0.25, 0.3) is 0 Å². The summed E-state index contributed by atoms with van der Waals surface area (Å²) in [7, 11) is 0. The minimum absolute atomic E-state index is 0.264. The summed E-state index contributed by atoms with van der Waals surface area (Å²) in [6, 6.07) is 0. The van der Waals surface area contributed by atoms with Gasteiger partial charge in [0.05, 0.1) is 13.2 Å². The van der Waals surface area contributed by atoms with E-state index in [1.54, 1.807) is 0 Å². The van der Waals surface area contributed by atoms with Gasteiger partial charge in [0.15, 0.2) is 5.79 Å².